The fraction of sp³-hybridized carbons (Fsp3) is 0.909. The quantitative estimate of drug-likeness (QED) is 0.306. The first-order chi connectivity index (χ1) is 6.85. The van der Waals surface area contributed by atoms with E-state index in [0.29, 0.717) is 0 Å². The Morgan fingerprint density at radius 1 is 1.21 bits per heavy atom. The Morgan fingerprint density at radius 3 is 2.29 bits per heavy atom. The van der Waals surface area contributed by atoms with Crippen LogP contribution in [0.3, 0.4) is 0 Å². The van der Waals surface area contributed by atoms with E-state index in [9.17, 15) is 0 Å². The van der Waals surface area contributed by atoms with Crippen LogP contribution in [0.15, 0.2) is 0 Å². The predicted molar refractivity (Wildman–Crippen MR) is 71.3 cm³/mol. The van der Waals surface area contributed by atoms with Gasteiger partial charge in [-0.25, -0.2) is 0 Å². The smallest absolute Gasteiger partial charge is 0.108 e. The van der Waals surface area contributed by atoms with Gasteiger partial charge < -0.3 is 5.41 Å². The van der Waals surface area contributed by atoms with Gasteiger partial charge in [0.25, 0.3) is 0 Å². The van der Waals surface area contributed by atoms with E-state index >= 15 is 0 Å². The maximum absolute atomic E-state index is 7.13. The fourth-order valence-corrected chi connectivity index (χ4v) is 4.10. The van der Waals surface area contributed by atoms with Crippen molar-refractivity contribution in [2.45, 2.75) is 45.4 Å². The SMILES string of the molecule is CCCCCC[S+]1CCCC1.[N-]=C=S. The van der Waals surface area contributed by atoms with Gasteiger partial charge in [0.2, 0.25) is 0 Å². The molecule has 0 radical (unpaired) electrons. The summed E-state index contributed by atoms with van der Waals surface area (Å²) in [5, 5.41) is 8.47. The minimum atomic E-state index is 0.869. The average Bonchev–Trinajstić information content (AvgIpc) is 2.66. The zero-order valence-electron chi connectivity index (χ0n) is 9.13. The molecule has 1 rings (SSSR count). The summed E-state index contributed by atoms with van der Waals surface area (Å²) >= 11 is 3.70. The number of unbranched alkanes of at least 4 members (excludes halogenated alkanes) is 3. The second kappa shape index (κ2) is 11.2. The van der Waals surface area contributed by atoms with Gasteiger partial charge in [0.1, 0.15) is 17.3 Å². The van der Waals surface area contributed by atoms with Crippen LogP contribution in [0, 0.1) is 0 Å². The maximum Gasteiger partial charge on any atom is 0.108 e. The van der Waals surface area contributed by atoms with Crippen molar-refractivity contribution in [2.24, 2.45) is 0 Å². The van der Waals surface area contributed by atoms with Crippen molar-refractivity contribution < 1.29 is 0 Å². The lowest BCUT2D eigenvalue weighted by atomic mass is 10.2. The lowest BCUT2D eigenvalue weighted by Crippen LogP contribution is -2.08. The largest absolute Gasteiger partial charge is 0.753 e. The third-order valence-electron chi connectivity index (χ3n) is 2.40. The van der Waals surface area contributed by atoms with Crippen LogP contribution in [-0.2, 0) is 10.9 Å². The van der Waals surface area contributed by atoms with Crippen LogP contribution in [0.5, 0.6) is 0 Å². The van der Waals surface area contributed by atoms with Crippen LogP contribution in [0.4, 0.5) is 0 Å². The van der Waals surface area contributed by atoms with Gasteiger partial charge in [-0.1, -0.05) is 32.0 Å². The molecule has 14 heavy (non-hydrogen) atoms. The molecule has 1 heterocycles. The summed E-state index contributed by atoms with van der Waals surface area (Å²) in [5.41, 5.74) is 0. The van der Waals surface area contributed by atoms with Gasteiger partial charge in [-0.05, 0) is 36.6 Å². The fourth-order valence-electron chi connectivity index (χ4n) is 1.65. The average molecular weight is 231 g/mol. The van der Waals surface area contributed by atoms with Crippen LogP contribution in [0.2, 0.25) is 0 Å². The second-order valence-corrected chi connectivity index (χ2v) is 6.22. The first-order valence-electron chi connectivity index (χ1n) is 5.50. The number of nitrogens with zero attached hydrogens (tertiary/aromatic N) is 1. The van der Waals surface area contributed by atoms with Crippen LogP contribution in [-0.4, -0.2) is 22.4 Å². The zero-order chi connectivity index (χ0) is 10.6. The van der Waals surface area contributed by atoms with Gasteiger partial charge >= 0.3 is 0 Å². The molecule has 0 amide bonds. The Bertz CT molecular complexity index is 147. The van der Waals surface area contributed by atoms with Crippen LogP contribution in [0.1, 0.15) is 45.4 Å². The van der Waals surface area contributed by atoms with Crippen molar-refractivity contribution in [3.63, 3.8) is 0 Å². The number of rotatable bonds is 5. The van der Waals surface area contributed by atoms with Crippen LogP contribution >= 0.6 is 12.2 Å². The van der Waals surface area contributed by atoms with Gasteiger partial charge in [-0.3, -0.25) is 0 Å². The summed E-state index contributed by atoms with van der Waals surface area (Å²) in [7, 11) is 0.869. The Hall–Kier alpha value is 0.150. The summed E-state index contributed by atoms with van der Waals surface area (Å²) in [5.74, 6) is 4.68. The first kappa shape index (κ1) is 14.2. The molecule has 0 aliphatic carbocycles. The van der Waals surface area contributed by atoms with E-state index in [1.54, 1.807) is 17.3 Å². The first-order valence-corrected chi connectivity index (χ1v) is 7.64. The molecule has 82 valence electrons. The van der Waals surface area contributed by atoms with Gasteiger partial charge in [0.05, 0.1) is 0 Å². The van der Waals surface area contributed by atoms with Crippen molar-refractivity contribution in [2.75, 3.05) is 17.3 Å². The van der Waals surface area contributed by atoms with Crippen molar-refractivity contribution >= 4 is 28.3 Å². The number of hydrogen-bond donors (Lipinski definition) is 0. The molecule has 0 bridgehead atoms. The second-order valence-electron chi connectivity index (χ2n) is 3.58. The molecule has 1 aliphatic heterocycles. The normalized spacial score (nSPS) is 15.8. The number of isothiocyanates is 1. The standard InChI is InChI=1S/C10H21S.CNS/c1-2-3-4-5-8-11-9-6-7-10-11;2-1-3/h2-10H2,1H3;/q+1;-1. The zero-order valence-corrected chi connectivity index (χ0v) is 10.8. The lowest BCUT2D eigenvalue weighted by Gasteiger charge is -1.99. The van der Waals surface area contributed by atoms with Crippen molar-refractivity contribution in [1.82, 2.24) is 0 Å². The predicted octanol–water partition coefficient (Wildman–Crippen LogP) is 3.64. The van der Waals surface area contributed by atoms with Crippen LogP contribution in [0.25, 0.3) is 5.41 Å². The molecule has 0 unspecified atom stereocenters. The molecular weight excluding hydrogens is 210 g/mol. The molecule has 0 aromatic heterocycles. The van der Waals surface area contributed by atoms with Gasteiger partial charge in [0, 0.05) is 0 Å². The Labute approximate surface area is 96.5 Å². The van der Waals surface area contributed by atoms with Gasteiger partial charge in [-0.15, -0.1) is 0 Å². The maximum atomic E-state index is 7.13. The highest BCUT2D eigenvalue weighted by molar-refractivity contribution is 7.97. The Balaban J connectivity index is 0.000000500. The van der Waals surface area contributed by atoms with Crippen molar-refractivity contribution in [3.05, 3.63) is 5.41 Å². The molecule has 0 spiro atoms. The van der Waals surface area contributed by atoms with E-state index < -0.39 is 0 Å². The molecule has 3 heteroatoms. The van der Waals surface area contributed by atoms with E-state index in [0.717, 1.165) is 10.9 Å². The number of thiocarbonyl (C=S) groups is 1. The molecular formula is C11H21NS2. The van der Waals surface area contributed by atoms with E-state index in [1.165, 1.54) is 43.7 Å². The topological polar surface area (TPSA) is 22.3 Å². The summed E-state index contributed by atoms with van der Waals surface area (Å²) in [6.07, 6.45) is 8.88. The molecule has 1 saturated heterocycles. The minimum Gasteiger partial charge on any atom is -0.753 e. The lowest BCUT2D eigenvalue weighted by molar-refractivity contribution is 0.705. The highest BCUT2D eigenvalue weighted by Gasteiger charge is 2.22. The molecule has 0 aromatic rings. The third-order valence-corrected chi connectivity index (χ3v) is 5.00. The summed E-state index contributed by atoms with van der Waals surface area (Å²) in [6.45, 7) is 2.29. The third kappa shape index (κ3) is 8.74. The summed E-state index contributed by atoms with van der Waals surface area (Å²) in [6, 6.07) is 0. The highest BCUT2D eigenvalue weighted by atomic mass is 32.2. The van der Waals surface area contributed by atoms with Gasteiger partial charge in [-0.2, -0.15) is 5.16 Å². The monoisotopic (exact) mass is 231 g/mol. The highest BCUT2D eigenvalue weighted by Crippen LogP contribution is 2.15. The van der Waals surface area contributed by atoms with E-state index in [4.69, 9.17) is 5.41 Å². The van der Waals surface area contributed by atoms with Crippen LogP contribution < -0.4 is 0 Å². The molecule has 0 saturated carbocycles. The molecule has 1 aliphatic rings. The molecule has 1 nitrogen and oxygen atoms in total. The van der Waals surface area contributed by atoms with E-state index in [2.05, 4.69) is 19.1 Å². The Kier molecular flexibility index (Phi) is 11.3. The van der Waals surface area contributed by atoms with E-state index in [1.807, 2.05) is 0 Å². The molecule has 0 atom stereocenters. The number of hydrogen-bond acceptors (Lipinski definition) is 1. The van der Waals surface area contributed by atoms with Crippen molar-refractivity contribution in [1.29, 1.82) is 0 Å². The van der Waals surface area contributed by atoms with Crippen molar-refractivity contribution in [3.8, 4) is 0 Å². The molecule has 1 fully saturated rings. The minimum absolute atomic E-state index is 0.869. The Morgan fingerprint density at radius 2 is 1.79 bits per heavy atom. The van der Waals surface area contributed by atoms with Gasteiger partial charge in [0.15, 0.2) is 0 Å². The van der Waals surface area contributed by atoms with E-state index in [-0.39, 0.29) is 0 Å². The summed E-state index contributed by atoms with van der Waals surface area (Å²) < 4.78 is 0. The molecule has 0 aromatic carbocycles. The summed E-state index contributed by atoms with van der Waals surface area (Å²) in [4.78, 5) is 0. The molecule has 0 N–H and O–H groups in total.